The van der Waals surface area contributed by atoms with Gasteiger partial charge in [-0.2, -0.15) is 0 Å². The van der Waals surface area contributed by atoms with E-state index in [-0.39, 0.29) is 31.1 Å². The number of rotatable bonds is 41. The Bertz CT molecular complexity index is 781. The Morgan fingerprint density at radius 1 is 0.365 bits per heavy atom. The quantitative estimate of drug-likeness (QED) is 0.0353. The Morgan fingerprint density at radius 3 is 0.942 bits per heavy atom. The van der Waals surface area contributed by atoms with Crippen molar-refractivity contribution in [3.8, 4) is 0 Å². The number of carbonyl (C=O) groups excluding carboxylic acids is 3. The van der Waals surface area contributed by atoms with E-state index in [1.54, 1.807) is 0 Å². The van der Waals surface area contributed by atoms with Crippen LogP contribution in [0.15, 0.2) is 0 Å². The van der Waals surface area contributed by atoms with Gasteiger partial charge in [0.15, 0.2) is 6.10 Å². The molecule has 0 heterocycles. The minimum atomic E-state index is -0.757. The minimum absolute atomic E-state index is 0.0647. The summed E-state index contributed by atoms with van der Waals surface area (Å²) in [5.74, 6) is -0.0200. The van der Waals surface area contributed by atoms with Crippen LogP contribution in [0.25, 0.3) is 0 Å². The largest absolute Gasteiger partial charge is 0.462 e. The van der Waals surface area contributed by atoms with Gasteiger partial charge in [-0.05, 0) is 25.2 Å². The third-order valence-corrected chi connectivity index (χ3v) is 10.3. The van der Waals surface area contributed by atoms with Gasteiger partial charge in [0.05, 0.1) is 0 Å². The zero-order valence-electron chi connectivity index (χ0n) is 35.3. The molecular formula is C46H88O6. The molecule has 0 aliphatic carbocycles. The molecule has 0 amide bonds. The van der Waals surface area contributed by atoms with Gasteiger partial charge < -0.3 is 14.2 Å². The highest BCUT2D eigenvalue weighted by atomic mass is 16.6. The molecule has 0 unspecified atom stereocenters. The fourth-order valence-corrected chi connectivity index (χ4v) is 6.80. The van der Waals surface area contributed by atoms with Crippen molar-refractivity contribution in [3.63, 3.8) is 0 Å². The predicted molar refractivity (Wildman–Crippen MR) is 220 cm³/mol. The fourth-order valence-electron chi connectivity index (χ4n) is 6.80. The van der Waals surface area contributed by atoms with Crippen molar-refractivity contribution in [2.24, 2.45) is 5.92 Å². The van der Waals surface area contributed by atoms with Gasteiger partial charge in [0.25, 0.3) is 0 Å². The van der Waals surface area contributed by atoms with Gasteiger partial charge in [0.1, 0.15) is 13.2 Å². The molecule has 6 heteroatoms. The highest BCUT2D eigenvalue weighted by molar-refractivity contribution is 5.71. The second kappa shape index (κ2) is 40.6. The van der Waals surface area contributed by atoms with E-state index in [2.05, 4.69) is 27.7 Å². The van der Waals surface area contributed by atoms with E-state index in [0.717, 1.165) is 70.1 Å². The maximum atomic E-state index is 12.7. The first-order valence-corrected chi connectivity index (χ1v) is 22.9. The second-order valence-corrected chi connectivity index (χ2v) is 16.2. The maximum Gasteiger partial charge on any atom is 0.306 e. The summed E-state index contributed by atoms with van der Waals surface area (Å²) in [6.45, 7) is 8.93. The van der Waals surface area contributed by atoms with Crippen molar-refractivity contribution >= 4 is 17.9 Å². The van der Waals surface area contributed by atoms with E-state index in [9.17, 15) is 14.4 Å². The third kappa shape index (κ3) is 39.6. The molecule has 0 radical (unpaired) electrons. The molecular weight excluding hydrogens is 648 g/mol. The number of carbonyl (C=O) groups is 3. The van der Waals surface area contributed by atoms with Gasteiger partial charge in [-0.3, -0.25) is 14.4 Å². The molecule has 0 aromatic carbocycles. The summed E-state index contributed by atoms with van der Waals surface area (Å²) in [5.41, 5.74) is 0. The van der Waals surface area contributed by atoms with E-state index < -0.39 is 6.10 Å². The topological polar surface area (TPSA) is 78.9 Å². The van der Waals surface area contributed by atoms with Gasteiger partial charge in [-0.15, -0.1) is 0 Å². The molecule has 0 saturated carbocycles. The van der Waals surface area contributed by atoms with Gasteiger partial charge in [-0.25, -0.2) is 0 Å². The van der Waals surface area contributed by atoms with E-state index >= 15 is 0 Å². The first kappa shape index (κ1) is 50.4. The fraction of sp³-hybridized carbons (Fsp3) is 0.935. The van der Waals surface area contributed by atoms with Gasteiger partial charge in [0.2, 0.25) is 0 Å². The highest BCUT2D eigenvalue weighted by Crippen LogP contribution is 2.16. The summed E-state index contributed by atoms with van der Waals surface area (Å²) >= 11 is 0. The molecule has 0 aromatic heterocycles. The van der Waals surface area contributed by atoms with E-state index in [0.29, 0.717) is 19.3 Å². The lowest BCUT2D eigenvalue weighted by molar-refractivity contribution is -0.167. The van der Waals surface area contributed by atoms with Crippen molar-refractivity contribution < 1.29 is 28.6 Å². The Hall–Kier alpha value is -1.59. The van der Waals surface area contributed by atoms with Crippen molar-refractivity contribution in [2.45, 2.75) is 259 Å². The third-order valence-electron chi connectivity index (χ3n) is 10.3. The minimum Gasteiger partial charge on any atom is -0.462 e. The van der Waals surface area contributed by atoms with Crippen LogP contribution in [0.4, 0.5) is 0 Å². The van der Waals surface area contributed by atoms with Crippen molar-refractivity contribution in [2.75, 3.05) is 13.2 Å². The van der Waals surface area contributed by atoms with Crippen molar-refractivity contribution in [1.29, 1.82) is 0 Å². The van der Waals surface area contributed by atoms with Crippen LogP contribution in [0.1, 0.15) is 252 Å². The van der Waals surface area contributed by atoms with Crippen LogP contribution in [0.3, 0.4) is 0 Å². The Balaban J connectivity index is 4.14. The number of hydrogen-bond acceptors (Lipinski definition) is 6. The molecule has 0 fully saturated rings. The second-order valence-electron chi connectivity index (χ2n) is 16.2. The van der Waals surface area contributed by atoms with Crippen LogP contribution in [0.5, 0.6) is 0 Å². The van der Waals surface area contributed by atoms with Crippen LogP contribution in [0.2, 0.25) is 0 Å². The molecule has 0 rings (SSSR count). The van der Waals surface area contributed by atoms with E-state index in [1.807, 2.05) is 0 Å². The summed E-state index contributed by atoms with van der Waals surface area (Å²) in [5, 5.41) is 0. The average Bonchev–Trinajstić information content (AvgIpc) is 3.12. The van der Waals surface area contributed by atoms with Crippen LogP contribution in [-0.2, 0) is 28.6 Å². The first-order valence-electron chi connectivity index (χ1n) is 22.9. The van der Waals surface area contributed by atoms with Crippen LogP contribution >= 0.6 is 0 Å². The zero-order valence-corrected chi connectivity index (χ0v) is 35.3. The van der Waals surface area contributed by atoms with Gasteiger partial charge in [-0.1, -0.05) is 214 Å². The zero-order chi connectivity index (χ0) is 38.2. The molecule has 0 aliphatic rings. The van der Waals surface area contributed by atoms with Crippen molar-refractivity contribution in [3.05, 3.63) is 0 Å². The van der Waals surface area contributed by atoms with Crippen LogP contribution in [0, 0.1) is 5.92 Å². The Kier molecular flexibility index (Phi) is 39.4. The normalized spacial score (nSPS) is 11.9. The number of unbranched alkanes of at least 4 members (excludes halogenated alkanes) is 28. The molecule has 0 spiro atoms. The summed E-state index contributed by atoms with van der Waals surface area (Å²) in [7, 11) is 0. The standard InChI is InChI=1S/C46H88O6/c1-5-7-9-11-12-13-19-23-26-30-34-38-45(48)51-41-43(40-50-44(47)37-33-28-10-8-6-2)52-46(49)39-35-31-27-24-21-18-16-14-15-17-20-22-25-29-32-36-42(3)4/h42-43H,5-41H2,1-4H3/t43-/m0/s1. The van der Waals surface area contributed by atoms with Crippen LogP contribution in [-0.4, -0.2) is 37.2 Å². The number of hydrogen-bond donors (Lipinski definition) is 0. The summed E-state index contributed by atoms with van der Waals surface area (Å²) in [4.78, 5) is 37.4. The van der Waals surface area contributed by atoms with Gasteiger partial charge >= 0.3 is 17.9 Å². The molecule has 6 nitrogen and oxygen atoms in total. The molecule has 0 saturated heterocycles. The molecule has 52 heavy (non-hydrogen) atoms. The van der Waals surface area contributed by atoms with Crippen LogP contribution < -0.4 is 0 Å². The number of esters is 3. The maximum absolute atomic E-state index is 12.7. The summed E-state index contributed by atoms with van der Waals surface area (Å²) in [6, 6.07) is 0. The Morgan fingerprint density at radius 2 is 0.635 bits per heavy atom. The smallest absolute Gasteiger partial charge is 0.306 e. The Labute approximate surface area is 323 Å². The van der Waals surface area contributed by atoms with Crippen molar-refractivity contribution in [1.82, 2.24) is 0 Å². The van der Waals surface area contributed by atoms with Gasteiger partial charge in [0, 0.05) is 19.3 Å². The molecule has 0 aliphatic heterocycles. The summed E-state index contributed by atoms with van der Waals surface area (Å²) < 4.78 is 16.6. The molecule has 0 bridgehead atoms. The van der Waals surface area contributed by atoms with E-state index in [1.165, 1.54) is 141 Å². The molecule has 0 N–H and O–H groups in total. The highest BCUT2D eigenvalue weighted by Gasteiger charge is 2.19. The lowest BCUT2D eigenvalue weighted by Crippen LogP contribution is -2.30. The molecule has 308 valence electrons. The lowest BCUT2D eigenvalue weighted by atomic mass is 10.0. The summed E-state index contributed by atoms with van der Waals surface area (Å²) in [6.07, 6.45) is 39.7. The average molecular weight is 737 g/mol. The number of ether oxygens (including phenoxy) is 3. The molecule has 0 aromatic rings. The van der Waals surface area contributed by atoms with E-state index in [4.69, 9.17) is 14.2 Å². The first-order chi connectivity index (χ1) is 25.4. The lowest BCUT2D eigenvalue weighted by Gasteiger charge is -2.18. The molecule has 1 atom stereocenters. The SMILES string of the molecule is CCCCCCCCCCCCCC(=O)OC[C@H](COC(=O)CCCCCCC)OC(=O)CCCCCCCCCCCCCCCCCC(C)C. The monoisotopic (exact) mass is 737 g/mol. The predicted octanol–water partition coefficient (Wildman–Crippen LogP) is 14.3.